The van der Waals surface area contributed by atoms with Crippen LogP contribution in [0.15, 0.2) is 23.2 Å². The summed E-state index contributed by atoms with van der Waals surface area (Å²) in [6.45, 7) is 5.20. The highest BCUT2D eigenvalue weighted by molar-refractivity contribution is 8.14. The van der Waals surface area contributed by atoms with Gasteiger partial charge < -0.3 is 5.32 Å². The first kappa shape index (κ1) is 11.8. The molecule has 1 aromatic carbocycles. The van der Waals surface area contributed by atoms with Crippen LogP contribution in [0.1, 0.15) is 12.5 Å². The molecule has 0 saturated carbocycles. The van der Waals surface area contributed by atoms with Gasteiger partial charge in [-0.05, 0) is 30.5 Å². The first-order chi connectivity index (χ1) is 7.65. The number of anilines is 1. The van der Waals surface area contributed by atoms with E-state index in [0.717, 1.165) is 28.2 Å². The van der Waals surface area contributed by atoms with Gasteiger partial charge in [0.25, 0.3) is 0 Å². The summed E-state index contributed by atoms with van der Waals surface area (Å²) < 4.78 is 0. The van der Waals surface area contributed by atoms with E-state index in [0.29, 0.717) is 5.92 Å². The van der Waals surface area contributed by atoms with Crippen LogP contribution < -0.4 is 5.32 Å². The molecule has 2 rings (SSSR count). The van der Waals surface area contributed by atoms with E-state index in [9.17, 15) is 0 Å². The molecule has 86 valence electrons. The number of nitrogens with zero attached hydrogens (tertiary/aromatic N) is 1. The second kappa shape index (κ2) is 5.11. The maximum absolute atomic E-state index is 5.97. The average Bonchev–Trinajstić information content (AvgIpc) is 2.27. The summed E-state index contributed by atoms with van der Waals surface area (Å²) in [6.07, 6.45) is 0. The predicted octanol–water partition coefficient (Wildman–Crippen LogP) is 3.80. The Morgan fingerprint density at radius 3 is 3.00 bits per heavy atom. The Kier molecular flexibility index (Phi) is 3.77. The summed E-state index contributed by atoms with van der Waals surface area (Å²) in [6, 6.07) is 5.86. The minimum absolute atomic E-state index is 0.677. The summed E-state index contributed by atoms with van der Waals surface area (Å²) in [5.74, 6) is 1.81. The van der Waals surface area contributed by atoms with Crippen LogP contribution in [-0.4, -0.2) is 17.5 Å². The maximum atomic E-state index is 5.97. The molecule has 0 aromatic heterocycles. The molecule has 0 fully saturated rings. The van der Waals surface area contributed by atoms with Crippen LogP contribution in [-0.2, 0) is 0 Å². The normalized spacial score (nSPS) is 20.4. The van der Waals surface area contributed by atoms with E-state index in [1.807, 2.05) is 18.2 Å². The van der Waals surface area contributed by atoms with Crippen molar-refractivity contribution in [1.29, 1.82) is 0 Å². The topological polar surface area (TPSA) is 24.4 Å². The number of benzene rings is 1. The molecule has 1 heterocycles. The van der Waals surface area contributed by atoms with Gasteiger partial charge in [-0.25, -0.2) is 0 Å². The molecule has 0 aliphatic carbocycles. The quantitative estimate of drug-likeness (QED) is 0.824. The maximum Gasteiger partial charge on any atom is 0.161 e. The molecular weight excluding hydrogens is 240 g/mol. The van der Waals surface area contributed by atoms with E-state index in [4.69, 9.17) is 11.6 Å². The summed E-state index contributed by atoms with van der Waals surface area (Å²) >= 11 is 7.75. The zero-order valence-electron chi connectivity index (χ0n) is 9.46. The van der Waals surface area contributed by atoms with Crippen LogP contribution in [0.3, 0.4) is 0 Å². The van der Waals surface area contributed by atoms with Gasteiger partial charge in [-0.3, -0.25) is 4.99 Å². The van der Waals surface area contributed by atoms with Crippen molar-refractivity contribution in [3.8, 4) is 0 Å². The van der Waals surface area contributed by atoms with Crippen LogP contribution in [0, 0.1) is 12.8 Å². The van der Waals surface area contributed by atoms with Crippen molar-refractivity contribution in [2.24, 2.45) is 10.9 Å². The van der Waals surface area contributed by atoms with Crippen molar-refractivity contribution >= 4 is 34.2 Å². The van der Waals surface area contributed by atoms with E-state index in [-0.39, 0.29) is 0 Å². The van der Waals surface area contributed by atoms with Crippen LogP contribution in [0.2, 0.25) is 5.02 Å². The second-order valence-electron chi connectivity index (χ2n) is 4.15. The SMILES string of the molecule is Cc1ccc(Cl)cc1NC1=NCC(C)CS1. The Balaban J connectivity index is 2.12. The van der Waals surface area contributed by atoms with E-state index in [1.165, 1.54) is 5.56 Å². The van der Waals surface area contributed by atoms with Gasteiger partial charge in [0.1, 0.15) is 0 Å². The van der Waals surface area contributed by atoms with Gasteiger partial charge >= 0.3 is 0 Å². The fourth-order valence-corrected chi connectivity index (χ4v) is 2.55. The molecule has 1 N–H and O–H groups in total. The van der Waals surface area contributed by atoms with Crippen molar-refractivity contribution in [3.05, 3.63) is 28.8 Å². The van der Waals surface area contributed by atoms with Gasteiger partial charge in [-0.1, -0.05) is 36.4 Å². The van der Waals surface area contributed by atoms with E-state index >= 15 is 0 Å². The highest BCUT2D eigenvalue weighted by atomic mass is 35.5. The van der Waals surface area contributed by atoms with Gasteiger partial charge in [-0.2, -0.15) is 0 Å². The molecule has 1 unspecified atom stereocenters. The highest BCUT2D eigenvalue weighted by Crippen LogP contribution is 2.24. The van der Waals surface area contributed by atoms with Crippen molar-refractivity contribution < 1.29 is 0 Å². The first-order valence-electron chi connectivity index (χ1n) is 5.35. The van der Waals surface area contributed by atoms with Crippen molar-refractivity contribution in [2.45, 2.75) is 13.8 Å². The molecule has 0 saturated heterocycles. The molecule has 0 bridgehead atoms. The molecule has 2 nitrogen and oxygen atoms in total. The average molecular weight is 255 g/mol. The number of rotatable bonds is 1. The third kappa shape index (κ3) is 2.92. The molecule has 16 heavy (non-hydrogen) atoms. The largest absolute Gasteiger partial charge is 0.335 e. The zero-order chi connectivity index (χ0) is 11.5. The van der Waals surface area contributed by atoms with Crippen molar-refractivity contribution in [3.63, 3.8) is 0 Å². The Morgan fingerprint density at radius 1 is 1.50 bits per heavy atom. The molecule has 1 atom stereocenters. The lowest BCUT2D eigenvalue weighted by atomic mass is 10.2. The molecule has 1 aliphatic heterocycles. The molecule has 4 heteroatoms. The lowest BCUT2D eigenvalue weighted by Gasteiger charge is -2.18. The fourth-order valence-electron chi connectivity index (χ4n) is 1.48. The fraction of sp³-hybridized carbons (Fsp3) is 0.417. The number of aryl methyl sites for hydroxylation is 1. The van der Waals surface area contributed by atoms with Crippen LogP contribution in [0.5, 0.6) is 0 Å². The van der Waals surface area contributed by atoms with E-state index < -0.39 is 0 Å². The van der Waals surface area contributed by atoms with E-state index in [1.54, 1.807) is 11.8 Å². The second-order valence-corrected chi connectivity index (χ2v) is 5.59. The molecule has 0 amide bonds. The van der Waals surface area contributed by atoms with Gasteiger partial charge in [0.2, 0.25) is 0 Å². The molecular formula is C12H15ClN2S. The Bertz CT molecular complexity index is 417. The number of aliphatic imine (C=N–C) groups is 1. The summed E-state index contributed by atoms with van der Waals surface area (Å²) in [5, 5.41) is 5.09. The molecule has 0 spiro atoms. The van der Waals surface area contributed by atoms with E-state index in [2.05, 4.69) is 24.2 Å². The van der Waals surface area contributed by atoms with Crippen LogP contribution >= 0.6 is 23.4 Å². The molecule has 1 aliphatic rings. The summed E-state index contributed by atoms with van der Waals surface area (Å²) in [4.78, 5) is 4.50. The number of amidine groups is 1. The van der Waals surface area contributed by atoms with Gasteiger partial charge in [0, 0.05) is 23.0 Å². The number of thioether (sulfide) groups is 1. The Hall–Kier alpha value is -0.670. The summed E-state index contributed by atoms with van der Waals surface area (Å²) in [7, 11) is 0. The number of nitrogens with one attached hydrogen (secondary N) is 1. The minimum Gasteiger partial charge on any atom is -0.335 e. The minimum atomic E-state index is 0.677. The summed E-state index contributed by atoms with van der Waals surface area (Å²) in [5.41, 5.74) is 2.24. The van der Waals surface area contributed by atoms with Crippen molar-refractivity contribution in [2.75, 3.05) is 17.6 Å². The molecule has 1 aromatic rings. The first-order valence-corrected chi connectivity index (χ1v) is 6.72. The van der Waals surface area contributed by atoms with Crippen LogP contribution in [0.4, 0.5) is 5.69 Å². The standard InChI is InChI=1S/C12H15ClN2S/c1-8-6-14-12(16-7-8)15-11-5-10(13)4-3-9(11)2/h3-5,8H,6-7H2,1-2H3,(H,14,15). The number of hydrogen-bond acceptors (Lipinski definition) is 3. The van der Waals surface area contributed by atoms with Crippen molar-refractivity contribution in [1.82, 2.24) is 0 Å². The van der Waals surface area contributed by atoms with Crippen LogP contribution in [0.25, 0.3) is 0 Å². The van der Waals surface area contributed by atoms with Gasteiger partial charge in [0.15, 0.2) is 5.17 Å². The number of halogens is 1. The van der Waals surface area contributed by atoms with Gasteiger partial charge in [0.05, 0.1) is 0 Å². The molecule has 0 radical (unpaired) electrons. The predicted molar refractivity (Wildman–Crippen MR) is 73.7 cm³/mol. The smallest absolute Gasteiger partial charge is 0.161 e. The lowest BCUT2D eigenvalue weighted by Crippen LogP contribution is -2.19. The third-order valence-electron chi connectivity index (χ3n) is 2.49. The monoisotopic (exact) mass is 254 g/mol. The highest BCUT2D eigenvalue weighted by Gasteiger charge is 2.12. The Morgan fingerprint density at radius 2 is 2.31 bits per heavy atom. The van der Waals surface area contributed by atoms with Gasteiger partial charge in [-0.15, -0.1) is 0 Å². The Labute approximate surface area is 105 Å². The number of hydrogen-bond donors (Lipinski definition) is 1. The third-order valence-corrected chi connectivity index (χ3v) is 3.97. The zero-order valence-corrected chi connectivity index (χ0v) is 11.0. The lowest BCUT2D eigenvalue weighted by molar-refractivity contribution is 0.674.